The molecule has 0 amide bonds. The Morgan fingerprint density at radius 2 is 1.88 bits per heavy atom. The number of nitrogens with zero attached hydrogens (tertiary/aromatic N) is 2. The number of sulfonamides is 1. The van der Waals surface area contributed by atoms with E-state index in [0.717, 1.165) is 29.7 Å². The van der Waals surface area contributed by atoms with Crippen LogP contribution in [0.15, 0.2) is 34.9 Å². The maximum absolute atomic E-state index is 12.8. The van der Waals surface area contributed by atoms with Crippen LogP contribution >= 0.6 is 0 Å². The van der Waals surface area contributed by atoms with Gasteiger partial charge >= 0.3 is 0 Å². The Hall–Kier alpha value is -1.70. The van der Waals surface area contributed by atoms with Gasteiger partial charge < -0.3 is 9.73 Å². The molecule has 0 atom stereocenters. The molecule has 6 nitrogen and oxygen atoms in total. The molecule has 1 aromatic heterocycles. The predicted molar refractivity (Wildman–Crippen MR) is 101 cm³/mol. The molecule has 2 aromatic rings. The SMILES string of the molecule is Cc1ncc(CNCc2ccccc2CS(=O)(=O)N2CCC(C)CC2)o1. The molecule has 1 fully saturated rings. The molecule has 0 radical (unpaired) electrons. The van der Waals surface area contributed by atoms with Crippen molar-refractivity contribution >= 4 is 10.0 Å². The van der Waals surface area contributed by atoms with Crippen molar-refractivity contribution in [2.24, 2.45) is 5.92 Å². The Kier molecular flexibility index (Phi) is 6.11. The third-order valence-corrected chi connectivity index (χ3v) is 6.70. The number of piperidine rings is 1. The van der Waals surface area contributed by atoms with Crippen LogP contribution in [-0.2, 0) is 28.9 Å². The molecule has 1 aliphatic heterocycles. The van der Waals surface area contributed by atoms with Gasteiger partial charge in [-0.05, 0) is 29.9 Å². The van der Waals surface area contributed by atoms with Crippen LogP contribution in [0.3, 0.4) is 0 Å². The van der Waals surface area contributed by atoms with Gasteiger partial charge in [-0.1, -0.05) is 31.2 Å². The summed E-state index contributed by atoms with van der Waals surface area (Å²) in [6.07, 6.45) is 3.59. The summed E-state index contributed by atoms with van der Waals surface area (Å²) in [6, 6.07) is 7.71. The van der Waals surface area contributed by atoms with Gasteiger partial charge in [-0.25, -0.2) is 17.7 Å². The first-order valence-corrected chi connectivity index (χ1v) is 10.7. The van der Waals surface area contributed by atoms with Crippen LogP contribution in [0.2, 0.25) is 0 Å². The largest absolute Gasteiger partial charge is 0.445 e. The summed E-state index contributed by atoms with van der Waals surface area (Å²) in [5.74, 6) is 2.08. The van der Waals surface area contributed by atoms with Crippen LogP contribution < -0.4 is 5.32 Å². The maximum atomic E-state index is 12.8. The van der Waals surface area contributed by atoms with Crippen molar-refractivity contribution < 1.29 is 12.8 Å². The molecule has 7 heteroatoms. The van der Waals surface area contributed by atoms with Crippen LogP contribution in [-0.4, -0.2) is 30.8 Å². The van der Waals surface area contributed by atoms with Crippen LogP contribution in [0.1, 0.15) is 42.5 Å². The summed E-state index contributed by atoms with van der Waals surface area (Å²) in [5, 5.41) is 3.30. The molecule has 0 spiro atoms. The zero-order chi connectivity index (χ0) is 18.6. The molecule has 1 aromatic carbocycles. The van der Waals surface area contributed by atoms with Crippen molar-refractivity contribution in [1.29, 1.82) is 0 Å². The summed E-state index contributed by atoms with van der Waals surface area (Å²) in [5.41, 5.74) is 1.85. The van der Waals surface area contributed by atoms with Crippen LogP contribution in [0.25, 0.3) is 0 Å². The van der Waals surface area contributed by atoms with Crippen LogP contribution in [0.4, 0.5) is 0 Å². The molecular formula is C19H27N3O3S. The lowest BCUT2D eigenvalue weighted by Crippen LogP contribution is -2.38. The molecule has 2 heterocycles. The van der Waals surface area contributed by atoms with Gasteiger partial charge in [-0.3, -0.25) is 0 Å². The lowest BCUT2D eigenvalue weighted by Gasteiger charge is -2.29. The Bertz CT molecular complexity index is 824. The molecule has 142 valence electrons. The smallest absolute Gasteiger partial charge is 0.218 e. The van der Waals surface area contributed by atoms with Crippen molar-refractivity contribution in [1.82, 2.24) is 14.6 Å². The summed E-state index contributed by atoms with van der Waals surface area (Å²) < 4.78 is 32.7. The molecule has 1 saturated heterocycles. The van der Waals surface area contributed by atoms with E-state index < -0.39 is 10.0 Å². The van der Waals surface area contributed by atoms with E-state index in [-0.39, 0.29) is 5.75 Å². The number of oxazole rings is 1. The molecule has 1 aliphatic rings. The second kappa shape index (κ2) is 8.33. The first-order chi connectivity index (χ1) is 12.4. The topological polar surface area (TPSA) is 75.4 Å². The van der Waals surface area contributed by atoms with Crippen molar-refractivity contribution in [2.45, 2.75) is 45.5 Å². The standard InChI is InChI=1S/C19H27N3O3S/c1-15-7-9-22(10-8-15)26(23,24)14-18-6-4-3-5-17(18)11-20-12-19-13-21-16(2)25-19/h3-6,13,15,20H,7-12,14H2,1-2H3. The van der Waals surface area contributed by atoms with Gasteiger partial charge in [0.15, 0.2) is 5.89 Å². The lowest BCUT2D eigenvalue weighted by atomic mass is 10.0. The Morgan fingerprint density at radius 3 is 2.54 bits per heavy atom. The second-order valence-corrected chi connectivity index (χ2v) is 9.02. The van der Waals surface area contributed by atoms with Gasteiger partial charge in [0.25, 0.3) is 0 Å². The number of benzene rings is 1. The normalized spacial score (nSPS) is 16.8. The Balaban J connectivity index is 1.63. The van der Waals surface area contributed by atoms with Crippen molar-refractivity contribution in [3.63, 3.8) is 0 Å². The average molecular weight is 378 g/mol. The first-order valence-electron chi connectivity index (χ1n) is 9.10. The number of nitrogens with one attached hydrogen (secondary N) is 1. The maximum Gasteiger partial charge on any atom is 0.218 e. The fourth-order valence-corrected chi connectivity index (χ4v) is 4.85. The van der Waals surface area contributed by atoms with Gasteiger partial charge in [0.2, 0.25) is 10.0 Å². The zero-order valence-electron chi connectivity index (χ0n) is 15.4. The van der Waals surface area contributed by atoms with Gasteiger partial charge in [-0.2, -0.15) is 0 Å². The van der Waals surface area contributed by atoms with Crippen molar-refractivity contribution in [3.8, 4) is 0 Å². The van der Waals surface area contributed by atoms with Gasteiger partial charge in [0.1, 0.15) is 5.76 Å². The molecule has 26 heavy (non-hydrogen) atoms. The molecule has 3 rings (SSSR count). The quantitative estimate of drug-likeness (QED) is 0.803. The number of hydrogen-bond donors (Lipinski definition) is 1. The zero-order valence-corrected chi connectivity index (χ0v) is 16.3. The molecule has 0 aliphatic carbocycles. The summed E-state index contributed by atoms with van der Waals surface area (Å²) in [4.78, 5) is 4.07. The minimum Gasteiger partial charge on any atom is -0.445 e. The van der Waals surface area contributed by atoms with Crippen molar-refractivity contribution in [2.75, 3.05) is 13.1 Å². The van der Waals surface area contributed by atoms with E-state index in [1.54, 1.807) is 10.5 Å². The minimum absolute atomic E-state index is 0.0562. The van der Waals surface area contributed by atoms with E-state index in [0.29, 0.717) is 38.0 Å². The fourth-order valence-electron chi connectivity index (χ4n) is 3.23. The van der Waals surface area contributed by atoms with Gasteiger partial charge in [0, 0.05) is 26.6 Å². The number of hydrogen-bond acceptors (Lipinski definition) is 5. The number of aryl methyl sites for hydroxylation is 1. The monoisotopic (exact) mass is 377 g/mol. The van der Waals surface area contributed by atoms with E-state index in [4.69, 9.17) is 4.42 Å². The predicted octanol–water partition coefficient (Wildman–Crippen LogP) is 2.83. The van der Waals surface area contributed by atoms with E-state index in [9.17, 15) is 8.42 Å². The lowest BCUT2D eigenvalue weighted by molar-refractivity contribution is 0.287. The third kappa shape index (κ3) is 4.93. The summed E-state index contributed by atoms with van der Waals surface area (Å²) in [7, 11) is -3.28. The van der Waals surface area contributed by atoms with Gasteiger partial charge in [-0.15, -0.1) is 0 Å². The van der Waals surface area contributed by atoms with E-state index in [1.165, 1.54) is 0 Å². The number of rotatable bonds is 7. The summed E-state index contributed by atoms with van der Waals surface area (Å²) in [6.45, 7) is 6.41. The van der Waals surface area contributed by atoms with Gasteiger partial charge in [0.05, 0.1) is 18.5 Å². The van der Waals surface area contributed by atoms with E-state index in [1.807, 2.05) is 31.2 Å². The van der Waals surface area contributed by atoms with E-state index >= 15 is 0 Å². The molecular weight excluding hydrogens is 350 g/mol. The third-order valence-electron chi connectivity index (χ3n) is 4.88. The molecule has 0 bridgehead atoms. The molecule has 0 saturated carbocycles. The average Bonchev–Trinajstić information content (AvgIpc) is 3.02. The highest BCUT2D eigenvalue weighted by atomic mass is 32.2. The number of aromatic nitrogens is 1. The van der Waals surface area contributed by atoms with Crippen LogP contribution in [0.5, 0.6) is 0 Å². The molecule has 1 N–H and O–H groups in total. The second-order valence-electron chi connectivity index (χ2n) is 7.06. The highest BCUT2D eigenvalue weighted by molar-refractivity contribution is 7.88. The summed E-state index contributed by atoms with van der Waals surface area (Å²) >= 11 is 0. The van der Waals surface area contributed by atoms with Crippen LogP contribution in [0, 0.1) is 12.8 Å². The molecule has 0 unspecified atom stereocenters. The highest BCUT2D eigenvalue weighted by Crippen LogP contribution is 2.22. The minimum atomic E-state index is -3.28. The van der Waals surface area contributed by atoms with Crippen molar-refractivity contribution in [3.05, 3.63) is 53.2 Å². The highest BCUT2D eigenvalue weighted by Gasteiger charge is 2.27. The Labute approximate surface area is 155 Å². The Morgan fingerprint density at radius 1 is 1.19 bits per heavy atom. The first kappa shape index (κ1) is 19.1. The van der Waals surface area contributed by atoms with E-state index in [2.05, 4.69) is 17.2 Å². The fraction of sp³-hybridized carbons (Fsp3) is 0.526.